The summed E-state index contributed by atoms with van der Waals surface area (Å²) >= 11 is 1.25. The van der Waals surface area contributed by atoms with Gasteiger partial charge in [0.2, 0.25) is 10.0 Å². The van der Waals surface area contributed by atoms with Crippen LogP contribution >= 0.6 is 11.3 Å². The van der Waals surface area contributed by atoms with E-state index in [1.165, 1.54) is 15.6 Å². The van der Waals surface area contributed by atoms with Crippen molar-refractivity contribution in [1.29, 1.82) is 0 Å². The molecule has 0 unspecified atom stereocenters. The number of nitrogens with zero attached hydrogens (tertiary/aromatic N) is 1. The van der Waals surface area contributed by atoms with Gasteiger partial charge in [0.25, 0.3) is 10.0 Å². The summed E-state index contributed by atoms with van der Waals surface area (Å²) in [5, 5.41) is 0. The molecular formula is C21H22N2O4S3. The number of benzene rings is 2. The van der Waals surface area contributed by atoms with Crippen molar-refractivity contribution in [3.8, 4) is 0 Å². The number of sulfonamides is 2. The van der Waals surface area contributed by atoms with Crippen LogP contribution in [0.25, 0.3) is 0 Å². The van der Waals surface area contributed by atoms with Gasteiger partial charge < -0.3 is 0 Å². The smallest absolute Gasteiger partial charge is 0.271 e. The van der Waals surface area contributed by atoms with Gasteiger partial charge in [0, 0.05) is 23.7 Å². The molecule has 30 heavy (non-hydrogen) atoms. The number of thiophene rings is 1. The maximum atomic E-state index is 12.9. The Balaban J connectivity index is 1.58. The summed E-state index contributed by atoms with van der Waals surface area (Å²) in [6.07, 6.45) is 1.37. The van der Waals surface area contributed by atoms with Crippen molar-refractivity contribution in [3.05, 3.63) is 76.7 Å². The Labute approximate surface area is 181 Å². The zero-order valence-electron chi connectivity index (χ0n) is 16.4. The van der Waals surface area contributed by atoms with Crippen LogP contribution in [-0.2, 0) is 39.4 Å². The molecule has 2 aromatic carbocycles. The summed E-state index contributed by atoms with van der Waals surface area (Å²) in [5.41, 5.74) is 2.27. The van der Waals surface area contributed by atoms with E-state index in [1.54, 1.807) is 48.5 Å². The van der Waals surface area contributed by atoms with Crippen LogP contribution in [0.4, 0.5) is 5.69 Å². The zero-order valence-corrected chi connectivity index (χ0v) is 18.9. The second-order valence-corrected chi connectivity index (χ2v) is 12.1. The molecule has 6 nitrogen and oxygen atoms in total. The molecule has 0 spiro atoms. The van der Waals surface area contributed by atoms with E-state index in [1.807, 2.05) is 19.1 Å². The van der Waals surface area contributed by atoms with Crippen LogP contribution in [0.5, 0.6) is 0 Å². The predicted octanol–water partition coefficient (Wildman–Crippen LogP) is 3.86. The summed E-state index contributed by atoms with van der Waals surface area (Å²) < 4.78 is 55.6. The highest BCUT2D eigenvalue weighted by molar-refractivity contribution is 7.94. The number of hydrogen-bond acceptors (Lipinski definition) is 5. The molecule has 4 rings (SSSR count). The van der Waals surface area contributed by atoms with Crippen molar-refractivity contribution >= 4 is 37.1 Å². The second-order valence-electron chi connectivity index (χ2n) is 7.06. The molecule has 0 aliphatic carbocycles. The summed E-state index contributed by atoms with van der Waals surface area (Å²) in [4.78, 5) is 1.26. The third-order valence-electron chi connectivity index (χ3n) is 5.07. The standard InChI is InChI=1S/C21H22N2O4S3/c1-2-19-10-11-21(28-19)29(24,25)22-18-9-8-16-12-13-23(15-17(16)14-18)30(26,27)20-6-4-3-5-7-20/h3-11,14,22H,2,12-13,15H2,1H3. The molecule has 2 heterocycles. The number of nitrogens with one attached hydrogen (secondary N) is 1. The van der Waals surface area contributed by atoms with Crippen molar-refractivity contribution < 1.29 is 16.8 Å². The Bertz CT molecular complexity index is 1270. The number of fused-ring (bicyclic) bond motifs is 1. The van der Waals surface area contributed by atoms with Crippen molar-refractivity contribution in [2.24, 2.45) is 0 Å². The van der Waals surface area contributed by atoms with E-state index in [0.29, 0.717) is 18.7 Å². The number of anilines is 1. The Morgan fingerprint density at radius 3 is 2.43 bits per heavy atom. The molecular weight excluding hydrogens is 440 g/mol. The quantitative estimate of drug-likeness (QED) is 0.603. The fourth-order valence-electron chi connectivity index (χ4n) is 3.44. The van der Waals surface area contributed by atoms with Crippen LogP contribution in [0.2, 0.25) is 0 Å². The number of rotatable bonds is 6. The third-order valence-corrected chi connectivity index (χ3v) is 10.0. The molecule has 0 fully saturated rings. The van der Waals surface area contributed by atoms with E-state index in [2.05, 4.69) is 4.72 Å². The van der Waals surface area contributed by atoms with Gasteiger partial charge in [-0.05, 0) is 60.4 Å². The lowest BCUT2D eigenvalue weighted by Gasteiger charge is -2.28. The van der Waals surface area contributed by atoms with E-state index < -0.39 is 20.0 Å². The molecule has 3 aromatic rings. The van der Waals surface area contributed by atoms with Crippen molar-refractivity contribution in [2.75, 3.05) is 11.3 Å². The van der Waals surface area contributed by atoms with Gasteiger partial charge in [0.15, 0.2) is 0 Å². The predicted molar refractivity (Wildman–Crippen MR) is 119 cm³/mol. The molecule has 0 bridgehead atoms. The van der Waals surface area contributed by atoms with Crippen molar-refractivity contribution in [2.45, 2.75) is 35.4 Å². The molecule has 0 atom stereocenters. The van der Waals surface area contributed by atoms with E-state index in [9.17, 15) is 16.8 Å². The van der Waals surface area contributed by atoms with Gasteiger partial charge in [0.1, 0.15) is 4.21 Å². The van der Waals surface area contributed by atoms with Crippen LogP contribution < -0.4 is 4.72 Å². The molecule has 1 aromatic heterocycles. The molecule has 1 aliphatic rings. The highest BCUT2D eigenvalue weighted by Gasteiger charge is 2.28. The molecule has 9 heteroatoms. The summed E-state index contributed by atoms with van der Waals surface area (Å²) in [6.45, 7) is 2.58. The van der Waals surface area contributed by atoms with Gasteiger partial charge in [-0.2, -0.15) is 4.31 Å². The second kappa shape index (κ2) is 8.14. The fourth-order valence-corrected chi connectivity index (χ4v) is 7.22. The summed E-state index contributed by atoms with van der Waals surface area (Å²) in [6, 6.07) is 17.1. The first kappa shape index (κ1) is 21.0. The lowest BCUT2D eigenvalue weighted by Crippen LogP contribution is -2.36. The van der Waals surface area contributed by atoms with Crippen LogP contribution in [0, 0.1) is 0 Å². The van der Waals surface area contributed by atoms with E-state index >= 15 is 0 Å². The minimum atomic E-state index is -3.68. The topological polar surface area (TPSA) is 83.6 Å². The Kier molecular flexibility index (Phi) is 5.71. The molecule has 158 valence electrons. The van der Waals surface area contributed by atoms with E-state index in [-0.39, 0.29) is 15.6 Å². The van der Waals surface area contributed by atoms with Crippen molar-refractivity contribution in [1.82, 2.24) is 4.31 Å². The molecule has 1 aliphatic heterocycles. The Morgan fingerprint density at radius 1 is 0.967 bits per heavy atom. The molecule has 0 amide bonds. The van der Waals surface area contributed by atoms with Gasteiger partial charge in [-0.25, -0.2) is 16.8 Å². The average molecular weight is 463 g/mol. The SMILES string of the molecule is CCc1ccc(S(=O)(=O)Nc2ccc3c(c2)CN(S(=O)(=O)c2ccccc2)CC3)s1. The van der Waals surface area contributed by atoms with E-state index in [0.717, 1.165) is 22.4 Å². The molecule has 0 saturated heterocycles. The fraction of sp³-hybridized carbons (Fsp3) is 0.238. The first-order chi connectivity index (χ1) is 14.3. The van der Waals surface area contributed by atoms with Crippen LogP contribution in [0.15, 0.2) is 69.8 Å². The van der Waals surface area contributed by atoms with Gasteiger partial charge in [-0.15, -0.1) is 11.3 Å². The normalized spacial score (nSPS) is 15.0. The third kappa shape index (κ3) is 4.15. The first-order valence-electron chi connectivity index (χ1n) is 9.58. The summed E-state index contributed by atoms with van der Waals surface area (Å²) in [7, 11) is -7.28. The van der Waals surface area contributed by atoms with Crippen LogP contribution in [0.1, 0.15) is 22.9 Å². The summed E-state index contributed by atoms with van der Waals surface area (Å²) in [5.74, 6) is 0. The highest BCUT2D eigenvalue weighted by atomic mass is 32.2. The zero-order chi connectivity index (χ0) is 21.4. The molecule has 0 saturated carbocycles. The maximum Gasteiger partial charge on any atom is 0.271 e. The first-order valence-corrected chi connectivity index (χ1v) is 13.3. The van der Waals surface area contributed by atoms with Gasteiger partial charge in [-0.3, -0.25) is 4.72 Å². The van der Waals surface area contributed by atoms with Crippen LogP contribution in [-0.4, -0.2) is 27.7 Å². The van der Waals surface area contributed by atoms with Gasteiger partial charge in [0.05, 0.1) is 4.90 Å². The Hall–Kier alpha value is -2.20. The minimum absolute atomic E-state index is 0.209. The Morgan fingerprint density at radius 2 is 1.73 bits per heavy atom. The molecule has 0 radical (unpaired) electrons. The minimum Gasteiger partial charge on any atom is -0.279 e. The van der Waals surface area contributed by atoms with Gasteiger partial charge >= 0.3 is 0 Å². The lowest BCUT2D eigenvalue weighted by molar-refractivity contribution is 0.391. The number of aryl methyl sites for hydroxylation is 1. The highest BCUT2D eigenvalue weighted by Crippen LogP contribution is 2.29. The molecule has 1 N–H and O–H groups in total. The largest absolute Gasteiger partial charge is 0.279 e. The van der Waals surface area contributed by atoms with Crippen molar-refractivity contribution in [3.63, 3.8) is 0 Å². The monoisotopic (exact) mass is 462 g/mol. The average Bonchev–Trinajstić information content (AvgIpc) is 3.24. The lowest BCUT2D eigenvalue weighted by atomic mass is 10.0. The van der Waals surface area contributed by atoms with Gasteiger partial charge in [-0.1, -0.05) is 31.2 Å². The van der Waals surface area contributed by atoms with Crippen LogP contribution in [0.3, 0.4) is 0 Å². The van der Waals surface area contributed by atoms with E-state index in [4.69, 9.17) is 0 Å². The maximum absolute atomic E-state index is 12.9. The number of hydrogen-bond donors (Lipinski definition) is 1.